The predicted octanol–water partition coefficient (Wildman–Crippen LogP) is 3.09. The van der Waals surface area contributed by atoms with Gasteiger partial charge in [-0.2, -0.15) is 13.2 Å². The van der Waals surface area contributed by atoms with Gasteiger partial charge in [0.05, 0.1) is 6.42 Å². The number of hydrogen-bond donors (Lipinski definition) is 0. The van der Waals surface area contributed by atoms with Crippen molar-refractivity contribution in [2.24, 2.45) is 5.92 Å². The van der Waals surface area contributed by atoms with Gasteiger partial charge < -0.3 is 0 Å². The number of carbonyl (C=O) groups is 1. The van der Waals surface area contributed by atoms with Crippen molar-refractivity contribution in [1.82, 2.24) is 0 Å². The molecule has 0 saturated heterocycles. The maximum Gasteiger partial charge on any atom is 0.389 e. The van der Waals surface area contributed by atoms with E-state index in [4.69, 9.17) is 0 Å². The first kappa shape index (κ1) is 10.5. The largest absolute Gasteiger partial charge is 0.389 e. The smallest absolute Gasteiger partial charge is 0.299 e. The fourth-order valence-corrected chi connectivity index (χ4v) is 1.72. The maximum absolute atomic E-state index is 11.8. The second kappa shape index (κ2) is 4.11. The average molecular weight is 194 g/mol. The lowest BCUT2D eigenvalue weighted by atomic mass is 9.99. The molecule has 0 aliphatic heterocycles. The number of Topliss-reactive ketones (excluding diaryl/α,β-unsaturated/α-hetero) is 1. The molecule has 1 fully saturated rings. The Kier molecular flexibility index (Phi) is 3.33. The highest BCUT2D eigenvalue weighted by Crippen LogP contribution is 2.29. The van der Waals surface area contributed by atoms with E-state index in [0.717, 1.165) is 25.7 Å². The number of carbonyl (C=O) groups excluding carboxylic acids is 1. The third-order valence-electron chi connectivity index (χ3n) is 2.47. The number of alkyl halides is 3. The van der Waals surface area contributed by atoms with Crippen LogP contribution in [0.15, 0.2) is 0 Å². The van der Waals surface area contributed by atoms with Crippen LogP contribution in [0.4, 0.5) is 13.2 Å². The quantitative estimate of drug-likeness (QED) is 0.674. The van der Waals surface area contributed by atoms with Crippen molar-refractivity contribution in [2.75, 3.05) is 0 Å². The van der Waals surface area contributed by atoms with Gasteiger partial charge >= 0.3 is 6.18 Å². The van der Waals surface area contributed by atoms with Crippen LogP contribution >= 0.6 is 0 Å². The Hall–Kier alpha value is -0.540. The average Bonchev–Trinajstić information content (AvgIpc) is 2.50. The lowest BCUT2D eigenvalue weighted by Crippen LogP contribution is -2.15. The molecule has 0 aromatic rings. The summed E-state index contributed by atoms with van der Waals surface area (Å²) in [7, 11) is 0. The Morgan fingerprint density at radius 3 is 2.23 bits per heavy atom. The summed E-state index contributed by atoms with van der Waals surface area (Å²) in [5.74, 6) is -0.280. The maximum atomic E-state index is 11.8. The normalized spacial score (nSPS) is 19.3. The van der Waals surface area contributed by atoms with Crippen LogP contribution in [0.1, 0.15) is 38.5 Å². The zero-order valence-corrected chi connectivity index (χ0v) is 7.36. The van der Waals surface area contributed by atoms with Gasteiger partial charge in [0.15, 0.2) is 0 Å². The summed E-state index contributed by atoms with van der Waals surface area (Å²) in [4.78, 5) is 11.2. The van der Waals surface area contributed by atoms with E-state index in [2.05, 4.69) is 0 Å². The van der Waals surface area contributed by atoms with Gasteiger partial charge in [0.25, 0.3) is 0 Å². The minimum atomic E-state index is -4.19. The van der Waals surface area contributed by atoms with E-state index in [1.54, 1.807) is 0 Å². The minimum absolute atomic E-state index is 0.0812. The molecule has 0 atom stereocenters. The van der Waals surface area contributed by atoms with Gasteiger partial charge in [0, 0.05) is 12.3 Å². The van der Waals surface area contributed by atoms with E-state index in [1.807, 2.05) is 0 Å². The lowest BCUT2D eigenvalue weighted by Gasteiger charge is -2.09. The Balaban J connectivity index is 2.25. The van der Waals surface area contributed by atoms with Crippen LogP contribution in [0, 0.1) is 5.92 Å². The second-order valence-electron chi connectivity index (χ2n) is 3.56. The van der Waals surface area contributed by atoms with Crippen molar-refractivity contribution in [3.63, 3.8) is 0 Å². The third-order valence-corrected chi connectivity index (χ3v) is 2.47. The summed E-state index contributed by atoms with van der Waals surface area (Å²) < 4.78 is 35.3. The highest BCUT2D eigenvalue weighted by atomic mass is 19.4. The van der Waals surface area contributed by atoms with Crippen LogP contribution in [0.5, 0.6) is 0 Å². The molecule has 1 aliphatic carbocycles. The third kappa shape index (κ3) is 3.79. The molecule has 1 nitrogen and oxygen atoms in total. The van der Waals surface area contributed by atoms with E-state index in [9.17, 15) is 18.0 Å². The van der Waals surface area contributed by atoms with Crippen molar-refractivity contribution in [2.45, 2.75) is 44.7 Å². The molecule has 0 radical (unpaired) electrons. The first-order valence-electron chi connectivity index (χ1n) is 4.58. The monoisotopic (exact) mass is 194 g/mol. The number of ketones is 1. The van der Waals surface area contributed by atoms with Crippen molar-refractivity contribution in [3.05, 3.63) is 0 Å². The molecule has 0 aromatic heterocycles. The highest BCUT2D eigenvalue weighted by molar-refractivity contribution is 5.81. The molecule has 0 bridgehead atoms. The van der Waals surface area contributed by atoms with Crippen LogP contribution in [0.2, 0.25) is 0 Å². The Morgan fingerprint density at radius 1 is 1.23 bits per heavy atom. The van der Waals surface area contributed by atoms with Crippen molar-refractivity contribution in [3.8, 4) is 0 Å². The van der Waals surface area contributed by atoms with Gasteiger partial charge in [0.1, 0.15) is 5.78 Å². The molecule has 0 aromatic carbocycles. The number of hydrogen-bond acceptors (Lipinski definition) is 1. The van der Waals surface area contributed by atoms with Crippen LogP contribution < -0.4 is 0 Å². The molecule has 0 N–H and O–H groups in total. The van der Waals surface area contributed by atoms with Gasteiger partial charge in [-0.15, -0.1) is 0 Å². The fraction of sp³-hybridized carbons (Fsp3) is 0.889. The predicted molar refractivity (Wildman–Crippen MR) is 42.3 cm³/mol. The zero-order valence-electron chi connectivity index (χ0n) is 7.36. The Bertz CT molecular complexity index is 180. The summed E-state index contributed by atoms with van der Waals surface area (Å²) in [6.07, 6.45) is -1.91. The van der Waals surface area contributed by atoms with Crippen molar-refractivity contribution < 1.29 is 18.0 Å². The molecule has 1 rings (SSSR count). The first-order valence-corrected chi connectivity index (χ1v) is 4.58. The van der Waals surface area contributed by atoms with Gasteiger partial charge in [-0.25, -0.2) is 0 Å². The summed E-state index contributed by atoms with van der Waals surface area (Å²) in [5.41, 5.74) is 0. The van der Waals surface area contributed by atoms with E-state index in [0.29, 0.717) is 0 Å². The van der Waals surface area contributed by atoms with E-state index >= 15 is 0 Å². The topological polar surface area (TPSA) is 17.1 Å². The molecule has 1 saturated carbocycles. The van der Waals surface area contributed by atoms with Crippen LogP contribution in [0.3, 0.4) is 0 Å². The van der Waals surface area contributed by atoms with Crippen molar-refractivity contribution >= 4 is 5.78 Å². The lowest BCUT2D eigenvalue weighted by molar-refractivity contribution is -0.144. The molecule has 0 heterocycles. The van der Waals surface area contributed by atoms with Gasteiger partial charge in [-0.1, -0.05) is 12.8 Å². The summed E-state index contributed by atoms with van der Waals surface area (Å²) in [6.45, 7) is 0. The zero-order chi connectivity index (χ0) is 9.90. The highest BCUT2D eigenvalue weighted by Gasteiger charge is 2.30. The summed E-state index contributed by atoms with van der Waals surface area (Å²) in [6, 6.07) is 0. The minimum Gasteiger partial charge on any atom is -0.299 e. The summed E-state index contributed by atoms with van der Waals surface area (Å²) >= 11 is 0. The number of halogens is 3. The van der Waals surface area contributed by atoms with Gasteiger partial charge in [-0.05, 0) is 12.8 Å². The molecule has 0 unspecified atom stereocenters. The molecule has 0 amide bonds. The van der Waals surface area contributed by atoms with E-state index in [1.165, 1.54) is 0 Å². The van der Waals surface area contributed by atoms with Gasteiger partial charge in [0.2, 0.25) is 0 Å². The molecule has 76 valence electrons. The van der Waals surface area contributed by atoms with Crippen molar-refractivity contribution in [1.29, 1.82) is 0 Å². The standard InChI is InChI=1S/C9H13F3O/c10-9(11,12)6-5-8(13)7-3-1-2-4-7/h7H,1-6H2. The second-order valence-corrected chi connectivity index (χ2v) is 3.56. The fourth-order valence-electron chi connectivity index (χ4n) is 1.72. The van der Waals surface area contributed by atoms with E-state index < -0.39 is 12.6 Å². The van der Waals surface area contributed by atoms with E-state index in [-0.39, 0.29) is 18.1 Å². The van der Waals surface area contributed by atoms with Gasteiger partial charge in [-0.3, -0.25) is 4.79 Å². The molecule has 13 heavy (non-hydrogen) atoms. The molecular weight excluding hydrogens is 181 g/mol. The Labute approximate surface area is 75.3 Å². The SMILES string of the molecule is O=C(CCC(F)(F)F)C1CCCC1. The molecular formula is C9H13F3O. The van der Waals surface area contributed by atoms with Crippen LogP contribution in [-0.2, 0) is 4.79 Å². The first-order chi connectivity index (χ1) is 5.99. The molecule has 1 aliphatic rings. The molecule has 0 spiro atoms. The summed E-state index contributed by atoms with van der Waals surface area (Å²) in [5, 5.41) is 0. The Morgan fingerprint density at radius 2 is 1.77 bits per heavy atom. The van der Waals surface area contributed by atoms with Crippen LogP contribution in [0.25, 0.3) is 0 Å². The molecule has 4 heteroatoms. The van der Waals surface area contributed by atoms with Crippen LogP contribution in [-0.4, -0.2) is 12.0 Å². The number of rotatable bonds is 3.